The van der Waals surface area contributed by atoms with Crippen molar-refractivity contribution in [1.82, 2.24) is 0 Å². The smallest absolute Gasteiger partial charge is 0.370 e. The summed E-state index contributed by atoms with van der Waals surface area (Å²) in [6, 6.07) is 8.77. The average Bonchev–Trinajstić information content (AvgIpc) is 2.89. The number of halogens is 4. The molecular weight excluding hydrogens is 464 g/mol. The summed E-state index contributed by atoms with van der Waals surface area (Å²) in [4.78, 5) is 0. The summed E-state index contributed by atoms with van der Waals surface area (Å²) in [7, 11) is 0. The second kappa shape index (κ2) is 12.9. The first-order valence-corrected chi connectivity index (χ1v) is 14.5. The van der Waals surface area contributed by atoms with Crippen molar-refractivity contribution in [2.24, 2.45) is 17.8 Å². The molecule has 0 N–H and O–H groups in total. The lowest BCUT2D eigenvalue weighted by atomic mass is 9.68. The number of hydrogen-bond acceptors (Lipinski definition) is 1. The van der Waals surface area contributed by atoms with E-state index >= 15 is 0 Å². The van der Waals surface area contributed by atoms with Crippen molar-refractivity contribution in [2.75, 3.05) is 6.61 Å². The molecule has 2 unspecified atom stereocenters. The van der Waals surface area contributed by atoms with Gasteiger partial charge in [0.1, 0.15) is 11.9 Å². The maximum Gasteiger partial charge on any atom is 0.412 e. The van der Waals surface area contributed by atoms with Gasteiger partial charge in [-0.3, -0.25) is 0 Å². The molecule has 0 radical (unpaired) electrons. The molecule has 1 saturated heterocycles. The molecule has 2 aliphatic carbocycles. The van der Waals surface area contributed by atoms with Gasteiger partial charge in [0.15, 0.2) is 0 Å². The number of rotatable bonds is 8. The van der Waals surface area contributed by atoms with E-state index in [0.29, 0.717) is 12.3 Å². The van der Waals surface area contributed by atoms with Gasteiger partial charge in [-0.15, -0.1) is 0 Å². The van der Waals surface area contributed by atoms with Crippen molar-refractivity contribution in [3.63, 3.8) is 0 Å². The fourth-order valence-electron chi connectivity index (χ4n) is 7.08. The molecule has 0 aromatic heterocycles. The van der Waals surface area contributed by atoms with Crippen LogP contribution >= 0.6 is 0 Å². The van der Waals surface area contributed by atoms with Crippen LogP contribution in [0.5, 0.6) is 0 Å². The van der Waals surface area contributed by atoms with E-state index in [1.807, 2.05) is 0 Å². The number of unbranched alkanes of at least 4 members (excludes halogenated alkanes) is 2. The van der Waals surface area contributed by atoms with Crippen LogP contribution in [-0.4, -0.2) is 18.9 Å². The van der Waals surface area contributed by atoms with Crippen LogP contribution < -0.4 is 0 Å². The van der Waals surface area contributed by atoms with Gasteiger partial charge in [0.05, 0.1) is 12.7 Å². The second-order valence-corrected chi connectivity index (χ2v) is 11.7. The van der Waals surface area contributed by atoms with Crippen molar-refractivity contribution in [2.45, 2.75) is 121 Å². The zero-order chi connectivity index (χ0) is 25.5. The number of ether oxygens (including phenoxy) is 1. The summed E-state index contributed by atoms with van der Waals surface area (Å²) in [6.07, 6.45) is 11.5. The highest BCUT2D eigenvalue weighted by Gasteiger charge is 2.33. The molecule has 1 nitrogen and oxygen atoms in total. The third-order valence-electron chi connectivity index (χ3n) is 9.31. The van der Waals surface area contributed by atoms with Crippen molar-refractivity contribution < 1.29 is 22.3 Å². The van der Waals surface area contributed by atoms with Crippen molar-refractivity contribution in [3.05, 3.63) is 47.3 Å². The predicted octanol–water partition coefficient (Wildman–Crippen LogP) is 10.0. The van der Waals surface area contributed by atoms with Crippen LogP contribution in [-0.2, 0) is 4.74 Å². The fourth-order valence-corrected chi connectivity index (χ4v) is 7.08. The van der Waals surface area contributed by atoms with Crippen LogP contribution in [0.15, 0.2) is 36.2 Å². The highest BCUT2D eigenvalue weighted by molar-refractivity contribution is 5.28. The number of hydrogen-bond donors (Lipinski definition) is 0. The maximum atomic E-state index is 13.8. The monoisotopic (exact) mass is 508 g/mol. The Bertz CT molecular complexity index is 806. The van der Waals surface area contributed by atoms with Gasteiger partial charge >= 0.3 is 6.18 Å². The minimum atomic E-state index is -4.65. The van der Waals surface area contributed by atoms with E-state index in [2.05, 4.69) is 31.2 Å². The molecule has 1 aliphatic heterocycles. The maximum absolute atomic E-state index is 13.8. The molecule has 1 aromatic carbocycles. The SMILES string of the molecule is CCCCCC1CCC(C2CCC(c3ccc(C4CCC(C(F)=CC(F)(F)F)OC4)cc3)CC2)CC1. The van der Waals surface area contributed by atoms with E-state index < -0.39 is 18.1 Å². The molecule has 0 bridgehead atoms. The van der Waals surface area contributed by atoms with Crippen LogP contribution in [0.4, 0.5) is 17.6 Å². The normalized spacial score (nSPS) is 32.4. The van der Waals surface area contributed by atoms with Gasteiger partial charge in [-0.2, -0.15) is 13.2 Å². The van der Waals surface area contributed by atoms with Crippen molar-refractivity contribution in [1.29, 1.82) is 0 Å². The summed E-state index contributed by atoms with van der Waals surface area (Å²) >= 11 is 0. The largest absolute Gasteiger partial charge is 0.412 e. The Morgan fingerprint density at radius 1 is 0.806 bits per heavy atom. The topological polar surface area (TPSA) is 9.23 Å². The number of benzene rings is 1. The molecule has 1 heterocycles. The summed E-state index contributed by atoms with van der Waals surface area (Å²) in [5.41, 5.74) is 2.55. The summed E-state index contributed by atoms with van der Waals surface area (Å²) < 4.78 is 56.5. The van der Waals surface area contributed by atoms with Crippen LogP contribution in [0.2, 0.25) is 0 Å². The van der Waals surface area contributed by atoms with E-state index in [1.54, 1.807) is 0 Å². The Balaban J connectivity index is 1.20. The average molecular weight is 509 g/mol. The molecule has 1 aromatic rings. The zero-order valence-electron chi connectivity index (χ0n) is 21.9. The van der Waals surface area contributed by atoms with Gasteiger partial charge < -0.3 is 4.74 Å². The van der Waals surface area contributed by atoms with E-state index in [-0.39, 0.29) is 25.0 Å². The van der Waals surface area contributed by atoms with Gasteiger partial charge in [-0.25, -0.2) is 4.39 Å². The molecule has 3 aliphatic rings. The van der Waals surface area contributed by atoms with E-state index in [9.17, 15) is 17.6 Å². The van der Waals surface area contributed by atoms with E-state index in [0.717, 1.165) is 23.3 Å². The Hall–Kier alpha value is -1.36. The van der Waals surface area contributed by atoms with Crippen LogP contribution in [0.1, 0.15) is 120 Å². The first-order chi connectivity index (χ1) is 17.3. The molecule has 5 heteroatoms. The first-order valence-electron chi connectivity index (χ1n) is 14.5. The Morgan fingerprint density at radius 3 is 1.89 bits per heavy atom. The van der Waals surface area contributed by atoms with Crippen LogP contribution in [0.25, 0.3) is 0 Å². The summed E-state index contributed by atoms with van der Waals surface area (Å²) in [6.45, 7) is 2.55. The minimum Gasteiger partial charge on any atom is -0.370 e. The molecular formula is C31H44F4O. The standard InChI is InChI=1S/C31H44F4O/c1-2-3-4-5-22-6-8-23(9-7-22)24-10-12-25(13-11-24)26-14-16-27(17-15-26)28-18-19-30(36-21-28)29(32)20-31(33,34)35/h14-17,20,22-25,28,30H,2-13,18-19,21H2,1H3. The van der Waals surface area contributed by atoms with Gasteiger partial charge in [-0.1, -0.05) is 69.7 Å². The lowest BCUT2D eigenvalue weighted by molar-refractivity contribution is -0.0841. The van der Waals surface area contributed by atoms with Gasteiger partial charge in [-0.05, 0) is 86.2 Å². The lowest BCUT2D eigenvalue weighted by Crippen LogP contribution is -2.26. The van der Waals surface area contributed by atoms with Gasteiger partial charge in [0.25, 0.3) is 0 Å². The van der Waals surface area contributed by atoms with E-state index in [1.165, 1.54) is 82.6 Å². The molecule has 4 rings (SSSR count). The van der Waals surface area contributed by atoms with Gasteiger partial charge in [0, 0.05) is 5.92 Å². The molecule has 0 amide bonds. The van der Waals surface area contributed by atoms with Crippen molar-refractivity contribution >= 4 is 0 Å². The predicted molar refractivity (Wildman–Crippen MR) is 138 cm³/mol. The molecule has 2 saturated carbocycles. The van der Waals surface area contributed by atoms with E-state index in [4.69, 9.17) is 4.74 Å². The third-order valence-corrected chi connectivity index (χ3v) is 9.31. The second-order valence-electron chi connectivity index (χ2n) is 11.7. The lowest BCUT2D eigenvalue weighted by Gasteiger charge is -2.38. The Labute approximate surface area is 215 Å². The highest BCUT2D eigenvalue weighted by atomic mass is 19.4. The quantitative estimate of drug-likeness (QED) is 0.251. The highest BCUT2D eigenvalue weighted by Crippen LogP contribution is 2.45. The summed E-state index contributed by atoms with van der Waals surface area (Å²) in [5, 5.41) is 0. The Kier molecular flexibility index (Phi) is 9.94. The minimum absolute atomic E-state index is 0.113. The molecule has 3 fully saturated rings. The summed E-state index contributed by atoms with van der Waals surface area (Å²) in [5.74, 6) is 2.37. The van der Waals surface area contributed by atoms with Crippen LogP contribution in [0.3, 0.4) is 0 Å². The third kappa shape index (κ3) is 7.82. The molecule has 0 spiro atoms. The first kappa shape index (κ1) is 27.7. The molecule has 202 valence electrons. The molecule has 36 heavy (non-hydrogen) atoms. The van der Waals surface area contributed by atoms with Crippen LogP contribution in [0, 0.1) is 17.8 Å². The molecule has 2 atom stereocenters. The zero-order valence-corrected chi connectivity index (χ0v) is 21.9. The Morgan fingerprint density at radius 2 is 1.36 bits per heavy atom. The van der Waals surface area contributed by atoms with Crippen molar-refractivity contribution in [3.8, 4) is 0 Å². The van der Waals surface area contributed by atoms with Gasteiger partial charge in [0.2, 0.25) is 0 Å². The number of allylic oxidation sites excluding steroid dienone is 1. The fraction of sp³-hybridized carbons (Fsp3) is 0.742. The number of alkyl halides is 3.